The third-order valence-electron chi connectivity index (χ3n) is 3.25. The first-order valence-electron chi connectivity index (χ1n) is 7.35. The van der Waals surface area contributed by atoms with Gasteiger partial charge in [0.25, 0.3) is 0 Å². The van der Waals surface area contributed by atoms with Gasteiger partial charge in [-0.1, -0.05) is 27.7 Å². The van der Waals surface area contributed by atoms with Crippen molar-refractivity contribution in [2.24, 2.45) is 10.6 Å². The first-order valence-corrected chi connectivity index (χ1v) is 9.06. The van der Waals surface area contributed by atoms with Gasteiger partial charge in [-0.25, -0.2) is 18.5 Å². The van der Waals surface area contributed by atoms with E-state index >= 15 is 0 Å². The van der Waals surface area contributed by atoms with E-state index in [1.165, 1.54) is 4.63 Å². The van der Waals surface area contributed by atoms with Crippen LogP contribution in [0.25, 0.3) is 5.65 Å². The lowest BCUT2D eigenvalue weighted by atomic mass is 9.98. The zero-order chi connectivity index (χ0) is 17.4. The van der Waals surface area contributed by atoms with Gasteiger partial charge in [-0.2, -0.15) is 0 Å². The maximum atomic E-state index is 11.3. The van der Waals surface area contributed by atoms with E-state index in [1.54, 1.807) is 20.8 Å². The standard InChI is InChI=1S/C14H23N5O3S/c1-9(2)11-6-12-16-10(3)17-19(12)18-13(11)22-7-14(4,5)8-23(15,20)21/h6,9H,7-8H2,1-5H3,(H2,15,20,21). The second kappa shape index (κ2) is 6.04. The summed E-state index contributed by atoms with van der Waals surface area (Å²) in [5.74, 6) is 1.07. The molecule has 0 aromatic carbocycles. The Morgan fingerprint density at radius 2 is 2.00 bits per heavy atom. The minimum absolute atomic E-state index is 0.165. The molecule has 0 atom stereocenters. The van der Waals surface area contributed by atoms with E-state index in [1.807, 2.05) is 19.9 Å². The molecule has 0 aliphatic rings. The van der Waals surface area contributed by atoms with Gasteiger partial charge < -0.3 is 4.74 Å². The molecule has 0 aliphatic carbocycles. The zero-order valence-corrected chi connectivity index (χ0v) is 14.9. The van der Waals surface area contributed by atoms with E-state index in [0.717, 1.165) is 5.56 Å². The first-order chi connectivity index (χ1) is 10.5. The van der Waals surface area contributed by atoms with Crippen molar-refractivity contribution in [2.45, 2.75) is 40.5 Å². The summed E-state index contributed by atoms with van der Waals surface area (Å²) in [4.78, 5) is 4.29. The van der Waals surface area contributed by atoms with Gasteiger partial charge in [0.2, 0.25) is 15.9 Å². The van der Waals surface area contributed by atoms with E-state index < -0.39 is 15.4 Å². The highest BCUT2D eigenvalue weighted by molar-refractivity contribution is 7.89. The molecule has 0 saturated carbocycles. The molecule has 2 rings (SSSR count). The van der Waals surface area contributed by atoms with Crippen molar-refractivity contribution in [1.82, 2.24) is 19.8 Å². The Labute approximate surface area is 136 Å². The van der Waals surface area contributed by atoms with Crippen molar-refractivity contribution in [2.75, 3.05) is 12.4 Å². The second-order valence-corrected chi connectivity index (χ2v) is 8.44. The minimum atomic E-state index is -3.57. The molecule has 0 aliphatic heterocycles. The molecule has 2 N–H and O–H groups in total. The highest BCUT2D eigenvalue weighted by Gasteiger charge is 2.26. The van der Waals surface area contributed by atoms with Crippen LogP contribution in [-0.4, -0.2) is 40.6 Å². The van der Waals surface area contributed by atoms with Crippen LogP contribution in [0.3, 0.4) is 0 Å². The fourth-order valence-corrected chi connectivity index (χ4v) is 3.48. The Morgan fingerprint density at radius 1 is 1.35 bits per heavy atom. The van der Waals surface area contributed by atoms with Gasteiger partial charge in [0, 0.05) is 11.0 Å². The van der Waals surface area contributed by atoms with Crippen LogP contribution in [0.5, 0.6) is 5.88 Å². The smallest absolute Gasteiger partial charge is 0.237 e. The van der Waals surface area contributed by atoms with Gasteiger partial charge in [-0.3, -0.25) is 0 Å². The number of rotatable bonds is 6. The summed E-state index contributed by atoms with van der Waals surface area (Å²) in [7, 11) is -3.57. The van der Waals surface area contributed by atoms with Crippen molar-refractivity contribution in [1.29, 1.82) is 0 Å². The highest BCUT2D eigenvalue weighted by Crippen LogP contribution is 2.27. The van der Waals surface area contributed by atoms with Crippen LogP contribution in [0.4, 0.5) is 0 Å². The summed E-state index contributed by atoms with van der Waals surface area (Å²) < 4.78 is 29.8. The van der Waals surface area contributed by atoms with E-state index in [2.05, 4.69) is 15.2 Å². The number of hydrogen-bond acceptors (Lipinski definition) is 6. The van der Waals surface area contributed by atoms with E-state index in [-0.39, 0.29) is 18.3 Å². The number of hydrogen-bond donors (Lipinski definition) is 1. The maximum absolute atomic E-state index is 11.3. The van der Waals surface area contributed by atoms with Gasteiger partial charge >= 0.3 is 0 Å². The number of nitrogens with zero attached hydrogens (tertiary/aromatic N) is 4. The van der Waals surface area contributed by atoms with Crippen molar-refractivity contribution in [3.05, 3.63) is 17.5 Å². The zero-order valence-electron chi connectivity index (χ0n) is 14.1. The number of fused-ring (bicyclic) bond motifs is 1. The molecular formula is C14H23N5O3S. The largest absolute Gasteiger partial charge is 0.476 e. The summed E-state index contributed by atoms with van der Waals surface area (Å²) >= 11 is 0. The Bertz CT molecular complexity index is 811. The predicted molar refractivity (Wildman–Crippen MR) is 86.9 cm³/mol. The van der Waals surface area contributed by atoms with Crippen molar-refractivity contribution >= 4 is 15.7 Å². The molecule has 9 heteroatoms. The Hall–Kier alpha value is -1.74. The minimum Gasteiger partial charge on any atom is -0.476 e. The first kappa shape index (κ1) is 17.6. The molecule has 128 valence electrons. The van der Waals surface area contributed by atoms with Gasteiger partial charge in [0.05, 0.1) is 12.4 Å². The summed E-state index contributed by atoms with van der Waals surface area (Å²) in [6, 6.07) is 1.89. The molecule has 23 heavy (non-hydrogen) atoms. The topological polar surface area (TPSA) is 112 Å². The normalized spacial score (nSPS) is 13.0. The van der Waals surface area contributed by atoms with E-state index in [0.29, 0.717) is 17.4 Å². The monoisotopic (exact) mass is 341 g/mol. The van der Waals surface area contributed by atoms with Crippen LogP contribution in [0.2, 0.25) is 0 Å². The Kier molecular flexibility index (Phi) is 4.63. The molecule has 0 amide bonds. The van der Waals surface area contributed by atoms with Gasteiger partial charge in [0.15, 0.2) is 5.65 Å². The van der Waals surface area contributed by atoms with E-state index in [4.69, 9.17) is 9.88 Å². The molecule has 0 bridgehead atoms. The number of aromatic nitrogens is 4. The third-order valence-corrected chi connectivity index (χ3v) is 4.44. The summed E-state index contributed by atoms with van der Waals surface area (Å²) in [6.07, 6.45) is 0. The van der Waals surface area contributed by atoms with Crippen LogP contribution in [-0.2, 0) is 10.0 Å². The van der Waals surface area contributed by atoms with Gasteiger partial charge in [-0.15, -0.1) is 14.8 Å². The number of aryl methyl sites for hydroxylation is 1. The lowest BCUT2D eigenvalue weighted by Gasteiger charge is -2.24. The average molecular weight is 341 g/mol. The van der Waals surface area contributed by atoms with Crippen molar-refractivity contribution in [3.63, 3.8) is 0 Å². The van der Waals surface area contributed by atoms with Crippen LogP contribution >= 0.6 is 0 Å². The Balaban J connectivity index is 2.29. The summed E-state index contributed by atoms with van der Waals surface area (Å²) in [6.45, 7) is 9.59. The molecule has 0 saturated heterocycles. The predicted octanol–water partition coefficient (Wildman–Crippen LogP) is 1.25. The second-order valence-electron chi connectivity index (χ2n) is 6.83. The molecule has 2 aromatic heterocycles. The fraction of sp³-hybridized carbons (Fsp3) is 0.643. The Morgan fingerprint density at radius 3 is 2.57 bits per heavy atom. The fourth-order valence-electron chi connectivity index (χ4n) is 2.31. The summed E-state index contributed by atoms with van der Waals surface area (Å²) in [5, 5.41) is 13.7. The molecule has 2 aromatic rings. The van der Waals surface area contributed by atoms with Crippen LogP contribution in [0.15, 0.2) is 6.07 Å². The van der Waals surface area contributed by atoms with Gasteiger partial charge in [-0.05, 0) is 18.9 Å². The molecule has 8 nitrogen and oxygen atoms in total. The molecular weight excluding hydrogens is 318 g/mol. The van der Waals surface area contributed by atoms with Crippen LogP contribution < -0.4 is 9.88 Å². The molecule has 2 heterocycles. The summed E-state index contributed by atoms with van der Waals surface area (Å²) in [5.41, 5.74) is 0.926. The van der Waals surface area contributed by atoms with Crippen molar-refractivity contribution < 1.29 is 13.2 Å². The number of nitrogens with two attached hydrogens (primary N) is 1. The van der Waals surface area contributed by atoms with E-state index in [9.17, 15) is 8.42 Å². The number of ether oxygens (including phenoxy) is 1. The van der Waals surface area contributed by atoms with Gasteiger partial charge in [0.1, 0.15) is 5.82 Å². The quantitative estimate of drug-likeness (QED) is 0.846. The van der Waals surface area contributed by atoms with Crippen LogP contribution in [0.1, 0.15) is 45.0 Å². The number of primary sulfonamides is 1. The molecule has 0 unspecified atom stereocenters. The molecule has 0 fully saturated rings. The third kappa shape index (κ3) is 4.61. The van der Waals surface area contributed by atoms with Crippen LogP contribution in [0, 0.1) is 12.3 Å². The SMILES string of the molecule is Cc1nc2cc(C(C)C)c(OCC(C)(C)CS(N)(=O)=O)nn2n1. The lowest BCUT2D eigenvalue weighted by Crippen LogP contribution is -2.34. The number of sulfonamides is 1. The van der Waals surface area contributed by atoms with Crippen molar-refractivity contribution in [3.8, 4) is 5.88 Å². The maximum Gasteiger partial charge on any atom is 0.237 e. The lowest BCUT2D eigenvalue weighted by molar-refractivity contribution is 0.188. The average Bonchev–Trinajstić information content (AvgIpc) is 2.71. The molecule has 0 radical (unpaired) electrons. The highest BCUT2D eigenvalue weighted by atomic mass is 32.2. The molecule has 0 spiro atoms.